The number of hydrogen-bond acceptors (Lipinski definition) is 4. The van der Waals surface area contributed by atoms with Crippen LogP contribution >= 0.6 is 0 Å². The van der Waals surface area contributed by atoms with E-state index < -0.39 is 6.04 Å². The summed E-state index contributed by atoms with van der Waals surface area (Å²) in [6.45, 7) is 5.25. The zero-order valence-corrected chi connectivity index (χ0v) is 16.2. The number of carbonyl (C=O) groups excluding carboxylic acids is 2. The average molecular weight is 382 g/mol. The Hall–Kier alpha value is -3.02. The first-order valence-electron chi connectivity index (χ1n) is 9.52. The standard InChI is InChI=1S/C22H26N2O4/c1-15(2)21(24-20(25)13-16-6-4-3-5-7-16)22(26)23-14-17-8-9-18-19(12-17)28-11-10-27-18/h3-9,12,15,21H,10-11,13-14H2,1-2H3,(H,23,26)(H,24,25). The fraction of sp³-hybridized carbons (Fsp3) is 0.364. The maximum Gasteiger partial charge on any atom is 0.243 e. The molecule has 1 heterocycles. The van der Waals surface area contributed by atoms with Crippen LogP contribution in [0.4, 0.5) is 0 Å². The summed E-state index contributed by atoms with van der Waals surface area (Å²) in [6, 6.07) is 14.5. The minimum Gasteiger partial charge on any atom is -0.486 e. The van der Waals surface area contributed by atoms with E-state index in [-0.39, 0.29) is 24.2 Å². The molecule has 6 heteroatoms. The van der Waals surface area contributed by atoms with E-state index in [9.17, 15) is 9.59 Å². The van der Waals surface area contributed by atoms with E-state index in [1.54, 1.807) is 0 Å². The van der Waals surface area contributed by atoms with Crippen molar-refractivity contribution in [2.45, 2.75) is 32.9 Å². The molecule has 148 valence electrons. The number of amides is 2. The van der Waals surface area contributed by atoms with Gasteiger partial charge in [-0.3, -0.25) is 9.59 Å². The van der Waals surface area contributed by atoms with Crippen molar-refractivity contribution in [3.8, 4) is 11.5 Å². The van der Waals surface area contributed by atoms with Crippen LogP contribution < -0.4 is 20.1 Å². The Morgan fingerprint density at radius 2 is 1.68 bits per heavy atom. The van der Waals surface area contributed by atoms with Crippen LogP contribution in [0.5, 0.6) is 11.5 Å². The minimum atomic E-state index is -0.589. The second kappa shape index (κ2) is 9.26. The number of rotatable bonds is 7. The van der Waals surface area contributed by atoms with Crippen molar-refractivity contribution in [3.05, 3.63) is 59.7 Å². The molecule has 1 unspecified atom stereocenters. The summed E-state index contributed by atoms with van der Waals surface area (Å²) in [4.78, 5) is 25.0. The summed E-state index contributed by atoms with van der Waals surface area (Å²) in [7, 11) is 0. The molecule has 1 aliphatic heterocycles. The van der Waals surface area contributed by atoms with Gasteiger partial charge in [0.05, 0.1) is 6.42 Å². The van der Waals surface area contributed by atoms with Gasteiger partial charge in [-0.15, -0.1) is 0 Å². The number of ether oxygens (including phenoxy) is 2. The zero-order valence-electron chi connectivity index (χ0n) is 16.2. The first-order chi connectivity index (χ1) is 13.5. The Bertz CT molecular complexity index is 821. The number of hydrogen-bond donors (Lipinski definition) is 2. The summed E-state index contributed by atoms with van der Waals surface area (Å²) in [6.07, 6.45) is 0.250. The highest BCUT2D eigenvalue weighted by Crippen LogP contribution is 2.30. The number of fused-ring (bicyclic) bond motifs is 1. The van der Waals surface area contributed by atoms with Crippen LogP contribution in [-0.4, -0.2) is 31.1 Å². The minimum absolute atomic E-state index is 0.0278. The maximum atomic E-state index is 12.7. The lowest BCUT2D eigenvalue weighted by Crippen LogP contribution is -2.49. The molecule has 0 bridgehead atoms. The third-order valence-electron chi connectivity index (χ3n) is 4.55. The predicted octanol–water partition coefficient (Wildman–Crippen LogP) is 2.46. The molecule has 0 saturated heterocycles. The molecule has 0 radical (unpaired) electrons. The third kappa shape index (κ3) is 5.25. The third-order valence-corrected chi connectivity index (χ3v) is 4.55. The number of carbonyl (C=O) groups is 2. The Kier molecular flexibility index (Phi) is 6.53. The van der Waals surface area contributed by atoms with Crippen LogP contribution in [0.25, 0.3) is 0 Å². The van der Waals surface area contributed by atoms with E-state index in [2.05, 4.69) is 10.6 Å². The first kappa shape index (κ1) is 19.7. The van der Waals surface area contributed by atoms with Crippen LogP contribution in [0.15, 0.2) is 48.5 Å². The summed E-state index contributed by atoms with van der Waals surface area (Å²) in [5.74, 6) is 1.01. The van der Waals surface area contributed by atoms with Crippen LogP contribution in [0.3, 0.4) is 0 Å². The predicted molar refractivity (Wildman–Crippen MR) is 106 cm³/mol. The number of benzene rings is 2. The average Bonchev–Trinajstić information content (AvgIpc) is 2.70. The molecule has 0 spiro atoms. The van der Waals surface area contributed by atoms with Crippen LogP contribution in [0.1, 0.15) is 25.0 Å². The molecule has 0 aliphatic carbocycles. The Morgan fingerprint density at radius 1 is 0.964 bits per heavy atom. The van der Waals surface area contributed by atoms with Gasteiger partial charge in [-0.25, -0.2) is 0 Å². The normalized spacial score (nSPS) is 13.7. The van der Waals surface area contributed by atoms with E-state index in [0.29, 0.717) is 25.5 Å². The second-order valence-corrected chi connectivity index (χ2v) is 7.15. The molecule has 0 fully saturated rings. The maximum absolute atomic E-state index is 12.7. The molecular formula is C22H26N2O4. The van der Waals surface area contributed by atoms with Gasteiger partial charge in [0.25, 0.3) is 0 Å². The van der Waals surface area contributed by atoms with Gasteiger partial charge >= 0.3 is 0 Å². The van der Waals surface area contributed by atoms with Crippen LogP contribution in [0, 0.1) is 5.92 Å². The lowest BCUT2D eigenvalue weighted by molar-refractivity contribution is -0.129. The van der Waals surface area contributed by atoms with Crippen molar-refractivity contribution in [1.82, 2.24) is 10.6 Å². The van der Waals surface area contributed by atoms with E-state index in [0.717, 1.165) is 16.9 Å². The zero-order chi connectivity index (χ0) is 19.9. The smallest absolute Gasteiger partial charge is 0.243 e. The Morgan fingerprint density at radius 3 is 2.39 bits per heavy atom. The summed E-state index contributed by atoms with van der Waals surface area (Å²) in [5.41, 5.74) is 1.83. The lowest BCUT2D eigenvalue weighted by Gasteiger charge is -2.22. The van der Waals surface area contributed by atoms with Crippen molar-refractivity contribution in [1.29, 1.82) is 0 Å². The summed E-state index contributed by atoms with van der Waals surface area (Å²) >= 11 is 0. The SMILES string of the molecule is CC(C)C(NC(=O)Cc1ccccc1)C(=O)NCc1ccc2c(c1)OCCO2. The quantitative estimate of drug-likeness (QED) is 0.771. The van der Waals surface area contributed by atoms with Crippen molar-refractivity contribution < 1.29 is 19.1 Å². The van der Waals surface area contributed by atoms with Gasteiger partial charge in [-0.1, -0.05) is 50.2 Å². The molecular weight excluding hydrogens is 356 g/mol. The molecule has 2 N–H and O–H groups in total. The van der Waals surface area contributed by atoms with E-state index in [1.165, 1.54) is 0 Å². The molecule has 1 aliphatic rings. The highest BCUT2D eigenvalue weighted by molar-refractivity contribution is 5.88. The van der Waals surface area contributed by atoms with Gasteiger partial charge in [0.2, 0.25) is 11.8 Å². The molecule has 28 heavy (non-hydrogen) atoms. The monoisotopic (exact) mass is 382 g/mol. The van der Waals surface area contributed by atoms with E-state index >= 15 is 0 Å². The molecule has 6 nitrogen and oxygen atoms in total. The molecule has 2 aromatic rings. The molecule has 3 rings (SSSR count). The summed E-state index contributed by atoms with van der Waals surface area (Å²) in [5, 5.41) is 5.76. The molecule has 0 saturated carbocycles. The topological polar surface area (TPSA) is 76.7 Å². The van der Waals surface area contributed by atoms with Crippen LogP contribution in [0.2, 0.25) is 0 Å². The van der Waals surface area contributed by atoms with Gasteiger partial charge in [-0.05, 0) is 29.2 Å². The van der Waals surface area contributed by atoms with Gasteiger partial charge < -0.3 is 20.1 Å². The summed E-state index contributed by atoms with van der Waals surface area (Å²) < 4.78 is 11.1. The Labute approximate surface area is 165 Å². The van der Waals surface area contributed by atoms with Crippen molar-refractivity contribution in [2.24, 2.45) is 5.92 Å². The van der Waals surface area contributed by atoms with E-state index in [1.807, 2.05) is 62.4 Å². The lowest BCUT2D eigenvalue weighted by atomic mass is 10.0. The molecule has 2 amide bonds. The van der Waals surface area contributed by atoms with Crippen LogP contribution in [-0.2, 0) is 22.6 Å². The Balaban J connectivity index is 1.56. The molecule has 0 aromatic heterocycles. The van der Waals surface area contributed by atoms with Gasteiger partial charge in [0.1, 0.15) is 19.3 Å². The van der Waals surface area contributed by atoms with Gasteiger partial charge in [-0.2, -0.15) is 0 Å². The fourth-order valence-corrected chi connectivity index (χ4v) is 3.04. The van der Waals surface area contributed by atoms with E-state index in [4.69, 9.17) is 9.47 Å². The van der Waals surface area contributed by atoms with Crippen molar-refractivity contribution >= 4 is 11.8 Å². The van der Waals surface area contributed by atoms with Crippen molar-refractivity contribution in [2.75, 3.05) is 13.2 Å². The first-order valence-corrected chi connectivity index (χ1v) is 9.52. The largest absolute Gasteiger partial charge is 0.486 e. The highest BCUT2D eigenvalue weighted by Gasteiger charge is 2.24. The second-order valence-electron chi connectivity index (χ2n) is 7.15. The number of nitrogens with one attached hydrogen (secondary N) is 2. The van der Waals surface area contributed by atoms with Crippen molar-refractivity contribution in [3.63, 3.8) is 0 Å². The highest BCUT2D eigenvalue weighted by atomic mass is 16.6. The molecule has 1 atom stereocenters. The fourth-order valence-electron chi connectivity index (χ4n) is 3.04. The molecule has 2 aromatic carbocycles. The van der Waals surface area contributed by atoms with Gasteiger partial charge in [0, 0.05) is 6.54 Å². The van der Waals surface area contributed by atoms with Gasteiger partial charge in [0.15, 0.2) is 11.5 Å².